The van der Waals surface area contributed by atoms with Crippen LogP contribution >= 0.6 is 0 Å². The summed E-state index contributed by atoms with van der Waals surface area (Å²) in [6.07, 6.45) is 11.1. The van der Waals surface area contributed by atoms with Gasteiger partial charge in [-0.05, 0) is 31.7 Å². The van der Waals surface area contributed by atoms with E-state index in [1.54, 1.807) is 12.4 Å². The predicted molar refractivity (Wildman–Crippen MR) is 89.7 cm³/mol. The molecule has 1 atom stereocenters. The van der Waals surface area contributed by atoms with Gasteiger partial charge in [-0.15, -0.1) is 0 Å². The number of para-hydroxylation sites is 1. The lowest BCUT2D eigenvalue weighted by Crippen LogP contribution is -2.46. The van der Waals surface area contributed by atoms with Crippen molar-refractivity contribution < 1.29 is 9.53 Å². The zero-order chi connectivity index (χ0) is 16.4. The normalized spacial score (nSPS) is 21.6. The van der Waals surface area contributed by atoms with Gasteiger partial charge in [0, 0.05) is 24.4 Å². The van der Waals surface area contributed by atoms with Gasteiger partial charge in [-0.25, -0.2) is 9.97 Å². The van der Waals surface area contributed by atoms with Crippen LogP contribution in [0.3, 0.4) is 0 Å². The van der Waals surface area contributed by atoms with E-state index in [0.29, 0.717) is 5.56 Å². The summed E-state index contributed by atoms with van der Waals surface area (Å²) in [7, 11) is 0. The molecule has 1 aromatic heterocycles. The fourth-order valence-electron chi connectivity index (χ4n) is 3.91. The molecular weight excluding hydrogens is 302 g/mol. The molecule has 1 aromatic carbocycles. The van der Waals surface area contributed by atoms with E-state index in [1.165, 1.54) is 25.6 Å². The Hall–Kier alpha value is -2.43. The molecule has 0 bridgehead atoms. The number of fused-ring (bicyclic) bond motifs is 1. The Morgan fingerprint density at radius 1 is 1.12 bits per heavy atom. The van der Waals surface area contributed by atoms with Crippen LogP contribution in [0.15, 0.2) is 43.0 Å². The van der Waals surface area contributed by atoms with Crippen LogP contribution in [0.25, 0.3) is 0 Å². The van der Waals surface area contributed by atoms with Crippen LogP contribution in [0.2, 0.25) is 0 Å². The van der Waals surface area contributed by atoms with Crippen LogP contribution < -0.4 is 10.1 Å². The van der Waals surface area contributed by atoms with Crippen LogP contribution in [0.1, 0.15) is 60.5 Å². The minimum absolute atomic E-state index is 0.0410. The largest absolute Gasteiger partial charge is 0.487 e. The van der Waals surface area contributed by atoms with E-state index in [2.05, 4.69) is 15.3 Å². The van der Waals surface area contributed by atoms with Crippen molar-refractivity contribution in [1.29, 1.82) is 0 Å². The molecule has 0 radical (unpaired) electrons. The van der Waals surface area contributed by atoms with Gasteiger partial charge in [-0.3, -0.25) is 4.79 Å². The van der Waals surface area contributed by atoms with Gasteiger partial charge in [-0.1, -0.05) is 24.6 Å². The molecule has 1 spiro atoms. The second-order valence-corrected chi connectivity index (χ2v) is 6.74. The maximum atomic E-state index is 12.6. The Morgan fingerprint density at radius 2 is 1.88 bits per heavy atom. The highest BCUT2D eigenvalue weighted by Crippen LogP contribution is 2.46. The van der Waals surface area contributed by atoms with Crippen molar-refractivity contribution in [1.82, 2.24) is 15.3 Å². The van der Waals surface area contributed by atoms with Crippen LogP contribution in [0.5, 0.6) is 5.75 Å². The van der Waals surface area contributed by atoms with E-state index < -0.39 is 0 Å². The first-order chi connectivity index (χ1) is 11.8. The zero-order valence-corrected chi connectivity index (χ0v) is 13.6. The lowest BCUT2D eigenvalue weighted by molar-refractivity contribution is -0.00210. The number of amides is 1. The number of nitrogens with zero attached hydrogens (tertiary/aromatic N) is 2. The second-order valence-electron chi connectivity index (χ2n) is 6.74. The van der Waals surface area contributed by atoms with Crippen molar-refractivity contribution in [2.75, 3.05) is 0 Å². The third-order valence-electron chi connectivity index (χ3n) is 5.09. The number of rotatable bonds is 2. The molecule has 0 saturated heterocycles. The van der Waals surface area contributed by atoms with Gasteiger partial charge in [0.15, 0.2) is 0 Å². The first-order valence-electron chi connectivity index (χ1n) is 8.60. The topological polar surface area (TPSA) is 64.1 Å². The van der Waals surface area contributed by atoms with E-state index in [4.69, 9.17) is 4.74 Å². The monoisotopic (exact) mass is 323 g/mol. The lowest BCUT2D eigenvalue weighted by atomic mass is 9.77. The molecule has 1 aliphatic heterocycles. The quantitative estimate of drug-likeness (QED) is 0.919. The fourth-order valence-corrected chi connectivity index (χ4v) is 3.91. The van der Waals surface area contributed by atoms with Gasteiger partial charge in [0.25, 0.3) is 5.91 Å². The van der Waals surface area contributed by atoms with Crippen LogP contribution in [-0.4, -0.2) is 21.5 Å². The van der Waals surface area contributed by atoms with Gasteiger partial charge in [0.2, 0.25) is 0 Å². The molecule has 24 heavy (non-hydrogen) atoms. The second kappa shape index (κ2) is 6.23. The minimum Gasteiger partial charge on any atom is -0.487 e. The summed E-state index contributed by atoms with van der Waals surface area (Å²) in [5, 5.41) is 3.16. The average molecular weight is 323 g/mol. The number of ether oxygens (including phenoxy) is 1. The fraction of sp³-hybridized carbons (Fsp3) is 0.421. The summed E-state index contributed by atoms with van der Waals surface area (Å²) >= 11 is 0. The van der Waals surface area contributed by atoms with Crippen LogP contribution in [-0.2, 0) is 0 Å². The first-order valence-corrected chi connectivity index (χ1v) is 8.60. The van der Waals surface area contributed by atoms with Crippen molar-refractivity contribution in [2.45, 2.75) is 50.2 Å². The van der Waals surface area contributed by atoms with Crippen molar-refractivity contribution in [3.8, 4) is 5.75 Å². The number of carbonyl (C=O) groups is 1. The number of aromatic nitrogens is 2. The lowest BCUT2D eigenvalue weighted by Gasteiger charge is -2.44. The van der Waals surface area contributed by atoms with Gasteiger partial charge in [0.05, 0.1) is 11.6 Å². The molecular formula is C19H21N3O2. The third-order valence-corrected chi connectivity index (χ3v) is 5.09. The minimum atomic E-state index is -0.141. The molecule has 1 amide bonds. The van der Waals surface area contributed by atoms with Gasteiger partial charge < -0.3 is 10.1 Å². The third kappa shape index (κ3) is 2.86. The van der Waals surface area contributed by atoms with E-state index in [1.807, 2.05) is 24.3 Å². The zero-order valence-electron chi connectivity index (χ0n) is 13.6. The molecule has 5 nitrogen and oxygen atoms in total. The molecule has 2 aliphatic rings. The number of benzene rings is 1. The van der Waals surface area contributed by atoms with Gasteiger partial charge in [-0.2, -0.15) is 0 Å². The molecule has 1 fully saturated rings. The van der Waals surface area contributed by atoms with Crippen molar-refractivity contribution in [3.05, 3.63) is 54.1 Å². The molecule has 0 unspecified atom stereocenters. The Kier molecular flexibility index (Phi) is 3.92. The van der Waals surface area contributed by atoms with E-state index >= 15 is 0 Å². The highest BCUT2D eigenvalue weighted by molar-refractivity contribution is 5.93. The number of hydrogen-bond acceptors (Lipinski definition) is 4. The number of carbonyl (C=O) groups excluding carboxylic acids is 1. The Balaban J connectivity index is 1.62. The maximum absolute atomic E-state index is 12.6. The van der Waals surface area contributed by atoms with Gasteiger partial charge >= 0.3 is 0 Å². The van der Waals surface area contributed by atoms with E-state index in [0.717, 1.165) is 30.6 Å². The SMILES string of the molecule is O=C(N[C@@H]1CC2(CCCCC2)Oc2ccccc21)c1cncnc1. The highest BCUT2D eigenvalue weighted by atomic mass is 16.5. The summed E-state index contributed by atoms with van der Waals surface area (Å²) < 4.78 is 6.40. The van der Waals surface area contributed by atoms with E-state index in [9.17, 15) is 4.79 Å². The Morgan fingerprint density at radius 3 is 2.67 bits per heavy atom. The van der Waals surface area contributed by atoms with Crippen LogP contribution in [0, 0.1) is 0 Å². The number of nitrogens with one attached hydrogen (secondary N) is 1. The molecule has 5 heteroatoms. The summed E-state index contributed by atoms with van der Waals surface area (Å²) in [5.41, 5.74) is 1.40. The van der Waals surface area contributed by atoms with Gasteiger partial charge in [0.1, 0.15) is 17.7 Å². The first kappa shape index (κ1) is 15.1. The standard InChI is InChI=1S/C19H21N3O2/c23-18(14-11-20-13-21-12-14)22-16-10-19(8-4-1-5-9-19)24-17-7-3-2-6-15(16)17/h2-3,6-7,11-13,16H,1,4-5,8-10H2,(H,22,23)/t16-/m1/s1. The molecule has 2 aromatic rings. The predicted octanol–water partition coefficient (Wildman–Crippen LogP) is 3.43. The average Bonchev–Trinajstić information content (AvgIpc) is 2.63. The maximum Gasteiger partial charge on any atom is 0.254 e. The summed E-state index contributed by atoms with van der Waals surface area (Å²) in [4.78, 5) is 20.4. The molecule has 4 rings (SSSR count). The summed E-state index contributed by atoms with van der Waals surface area (Å²) in [5.74, 6) is 0.767. The summed E-state index contributed by atoms with van der Waals surface area (Å²) in [6.45, 7) is 0. The van der Waals surface area contributed by atoms with Crippen LogP contribution in [0.4, 0.5) is 0 Å². The number of hydrogen-bond donors (Lipinski definition) is 1. The molecule has 124 valence electrons. The van der Waals surface area contributed by atoms with Crippen molar-refractivity contribution in [3.63, 3.8) is 0 Å². The highest BCUT2D eigenvalue weighted by Gasteiger charge is 2.42. The molecule has 2 heterocycles. The molecule has 1 N–H and O–H groups in total. The molecule has 1 saturated carbocycles. The smallest absolute Gasteiger partial charge is 0.254 e. The molecule has 1 aliphatic carbocycles. The van der Waals surface area contributed by atoms with Crippen molar-refractivity contribution in [2.24, 2.45) is 0 Å². The Labute approximate surface area is 141 Å². The van der Waals surface area contributed by atoms with Crippen molar-refractivity contribution >= 4 is 5.91 Å². The summed E-state index contributed by atoms with van der Waals surface area (Å²) in [6, 6.07) is 7.99. The Bertz CT molecular complexity index is 726. The van der Waals surface area contributed by atoms with E-state index in [-0.39, 0.29) is 17.6 Å².